The van der Waals surface area contributed by atoms with Crippen LogP contribution in [0.4, 0.5) is 17.3 Å². The number of nitrogens with one attached hydrogen (secondary N) is 2. The van der Waals surface area contributed by atoms with Gasteiger partial charge in [0, 0.05) is 5.56 Å². The van der Waals surface area contributed by atoms with Crippen LogP contribution in [0.1, 0.15) is 22.7 Å². The topological polar surface area (TPSA) is 167 Å². The largest absolute Gasteiger partial charge is 0.493 e. The molecule has 33 heavy (non-hydrogen) atoms. The first-order chi connectivity index (χ1) is 16.0. The fraction of sp³-hybridized carbons (Fsp3) is 0.130. The molecule has 10 nitrogen and oxygen atoms in total. The SMILES string of the molecule is COc1ccc(-c2cccc(C3N=C(NC#N)Nc4nc(N)c(C#N)c(N)c43)c2)cc1OC. The number of aliphatic imine (C=N–C) groups is 1. The summed E-state index contributed by atoms with van der Waals surface area (Å²) in [7, 11) is 3.16. The van der Waals surface area contributed by atoms with Crippen molar-refractivity contribution in [2.75, 3.05) is 31.0 Å². The molecule has 0 amide bonds. The van der Waals surface area contributed by atoms with E-state index in [1.807, 2.05) is 54.7 Å². The lowest BCUT2D eigenvalue weighted by molar-refractivity contribution is 0.355. The molecule has 3 aromatic rings. The number of ether oxygens (including phenoxy) is 2. The Morgan fingerprint density at radius 2 is 1.79 bits per heavy atom. The zero-order valence-electron chi connectivity index (χ0n) is 17.9. The second-order valence-electron chi connectivity index (χ2n) is 7.10. The third kappa shape index (κ3) is 3.77. The van der Waals surface area contributed by atoms with Crippen LogP contribution >= 0.6 is 0 Å². The van der Waals surface area contributed by atoms with Gasteiger partial charge in [-0.2, -0.15) is 10.5 Å². The predicted molar refractivity (Wildman–Crippen MR) is 124 cm³/mol. The van der Waals surface area contributed by atoms with E-state index >= 15 is 0 Å². The molecule has 164 valence electrons. The second kappa shape index (κ2) is 8.65. The molecule has 0 spiro atoms. The minimum absolute atomic E-state index is 0.00251. The summed E-state index contributed by atoms with van der Waals surface area (Å²) in [5.74, 6) is 1.76. The van der Waals surface area contributed by atoms with Crippen molar-refractivity contribution >= 4 is 23.3 Å². The van der Waals surface area contributed by atoms with E-state index in [4.69, 9.17) is 26.2 Å². The summed E-state index contributed by atoms with van der Waals surface area (Å²) < 4.78 is 10.7. The minimum Gasteiger partial charge on any atom is -0.493 e. The van der Waals surface area contributed by atoms with Crippen LogP contribution in [0.3, 0.4) is 0 Å². The number of nitrogens with two attached hydrogens (primary N) is 2. The van der Waals surface area contributed by atoms with E-state index in [2.05, 4.69) is 20.6 Å². The Labute approximate surface area is 190 Å². The summed E-state index contributed by atoms with van der Waals surface area (Å²) in [6.45, 7) is 0. The number of fused-ring (bicyclic) bond motifs is 1. The van der Waals surface area contributed by atoms with Crippen LogP contribution in [0, 0.1) is 22.8 Å². The molecule has 0 bridgehead atoms. The van der Waals surface area contributed by atoms with Crippen LogP contribution in [-0.4, -0.2) is 25.2 Å². The van der Waals surface area contributed by atoms with E-state index in [1.165, 1.54) is 0 Å². The number of aromatic nitrogens is 1. The van der Waals surface area contributed by atoms with Crippen molar-refractivity contribution in [3.05, 3.63) is 59.2 Å². The second-order valence-corrected chi connectivity index (χ2v) is 7.10. The van der Waals surface area contributed by atoms with Gasteiger partial charge in [-0.05, 0) is 34.9 Å². The number of benzene rings is 2. The summed E-state index contributed by atoms with van der Waals surface area (Å²) in [6, 6.07) is 14.7. The van der Waals surface area contributed by atoms with Crippen molar-refractivity contribution < 1.29 is 9.47 Å². The minimum atomic E-state index is -0.627. The van der Waals surface area contributed by atoms with Crippen molar-refractivity contribution in [1.29, 1.82) is 10.5 Å². The highest BCUT2D eigenvalue weighted by Crippen LogP contribution is 2.41. The molecule has 1 aliphatic rings. The molecule has 1 aromatic heterocycles. The Kier molecular flexibility index (Phi) is 5.58. The summed E-state index contributed by atoms with van der Waals surface area (Å²) in [5, 5.41) is 24.0. The molecule has 0 saturated carbocycles. The summed E-state index contributed by atoms with van der Waals surface area (Å²) in [6.07, 6.45) is 1.84. The molecule has 10 heteroatoms. The Bertz CT molecular complexity index is 1350. The average molecular weight is 440 g/mol. The molecular formula is C23H20N8O2. The van der Waals surface area contributed by atoms with Crippen molar-refractivity contribution in [2.24, 2.45) is 4.99 Å². The summed E-state index contributed by atoms with van der Waals surface area (Å²) in [4.78, 5) is 8.88. The van der Waals surface area contributed by atoms with Crippen molar-refractivity contribution in [3.8, 4) is 34.9 Å². The molecule has 0 saturated heterocycles. The lowest BCUT2D eigenvalue weighted by atomic mass is 9.93. The van der Waals surface area contributed by atoms with Crippen molar-refractivity contribution in [1.82, 2.24) is 10.3 Å². The molecule has 4 rings (SSSR count). The third-order valence-electron chi connectivity index (χ3n) is 5.28. The molecule has 2 aromatic carbocycles. The maximum atomic E-state index is 9.50. The van der Waals surface area contributed by atoms with E-state index in [-0.39, 0.29) is 23.0 Å². The van der Waals surface area contributed by atoms with Gasteiger partial charge < -0.3 is 26.3 Å². The first-order valence-corrected chi connectivity index (χ1v) is 9.82. The molecule has 1 unspecified atom stereocenters. The average Bonchev–Trinajstić information content (AvgIpc) is 2.83. The standard InChI is InChI=1S/C23H20N8O2/c1-32-16-7-6-13(9-17(16)33-2)12-4-3-5-14(8-12)20-18-19(26)15(10-24)21(27)30-22(18)31-23(29-20)28-11-25/h3-9,20H,1-2H3,(H6,26,27,28,29,30,31). The predicted octanol–water partition coefficient (Wildman–Crippen LogP) is 2.74. The van der Waals surface area contributed by atoms with Gasteiger partial charge in [0.15, 0.2) is 17.7 Å². The number of hydrogen-bond donors (Lipinski definition) is 4. The van der Waals surface area contributed by atoms with E-state index in [9.17, 15) is 5.26 Å². The number of nitriles is 2. The van der Waals surface area contributed by atoms with Crippen LogP contribution in [0.15, 0.2) is 47.5 Å². The van der Waals surface area contributed by atoms with Crippen LogP contribution in [-0.2, 0) is 0 Å². The van der Waals surface area contributed by atoms with Gasteiger partial charge in [-0.1, -0.05) is 24.3 Å². The highest BCUT2D eigenvalue weighted by Gasteiger charge is 2.29. The zero-order chi connectivity index (χ0) is 23.5. The molecule has 0 fully saturated rings. The molecule has 1 atom stereocenters. The van der Waals surface area contributed by atoms with Gasteiger partial charge in [0.1, 0.15) is 29.3 Å². The maximum Gasteiger partial charge on any atom is 0.211 e. The molecule has 1 aliphatic heterocycles. The molecule has 6 N–H and O–H groups in total. The van der Waals surface area contributed by atoms with Crippen LogP contribution < -0.4 is 31.6 Å². The number of pyridine rings is 1. The Morgan fingerprint density at radius 1 is 1.03 bits per heavy atom. The third-order valence-corrected chi connectivity index (χ3v) is 5.28. The van der Waals surface area contributed by atoms with Crippen LogP contribution in [0.25, 0.3) is 11.1 Å². The molecule has 0 aliphatic carbocycles. The Hall–Kier alpha value is -4.96. The first kappa shape index (κ1) is 21.3. The van der Waals surface area contributed by atoms with Gasteiger partial charge in [0.2, 0.25) is 5.96 Å². The number of anilines is 3. The lowest BCUT2D eigenvalue weighted by Gasteiger charge is -2.26. The Balaban J connectivity index is 1.86. The highest BCUT2D eigenvalue weighted by atomic mass is 16.5. The van der Waals surface area contributed by atoms with Gasteiger partial charge in [-0.25, -0.2) is 9.98 Å². The molecule has 0 radical (unpaired) electrons. The number of nitrogen functional groups attached to an aromatic ring is 2. The monoisotopic (exact) mass is 440 g/mol. The fourth-order valence-corrected chi connectivity index (χ4v) is 3.73. The number of guanidine groups is 1. The van der Waals surface area contributed by atoms with Gasteiger partial charge >= 0.3 is 0 Å². The number of nitrogens with zero attached hydrogens (tertiary/aromatic N) is 4. The number of methoxy groups -OCH3 is 2. The van der Waals surface area contributed by atoms with E-state index in [1.54, 1.807) is 14.2 Å². The number of rotatable bonds is 4. The first-order valence-electron chi connectivity index (χ1n) is 9.82. The van der Waals surface area contributed by atoms with Gasteiger partial charge in [0.25, 0.3) is 0 Å². The molecular weight excluding hydrogens is 420 g/mol. The van der Waals surface area contributed by atoms with E-state index in [0.717, 1.165) is 16.7 Å². The van der Waals surface area contributed by atoms with Crippen molar-refractivity contribution in [3.63, 3.8) is 0 Å². The highest BCUT2D eigenvalue weighted by molar-refractivity contribution is 5.98. The van der Waals surface area contributed by atoms with Gasteiger partial charge in [-0.3, -0.25) is 5.32 Å². The van der Waals surface area contributed by atoms with Gasteiger partial charge in [-0.15, -0.1) is 0 Å². The zero-order valence-corrected chi connectivity index (χ0v) is 17.9. The summed E-state index contributed by atoms with van der Waals surface area (Å²) in [5.41, 5.74) is 15.6. The molecule has 2 heterocycles. The Morgan fingerprint density at radius 3 is 2.48 bits per heavy atom. The normalized spacial score (nSPS) is 14.1. The fourth-order valence-electron chi connectivity index (χ4n) is 3.73. The number of hydrogen-bond acceptors (Lipinski definition) is 10. The van der Waals surface area contributed by atoms with Crippen LogP contribution in [0.5, 0.6) is 11.5 Å². The van der Waals surface area contributed by atoms with E-state index < -0.39 is 6.04 Å². The van der Waals surface area contributed by atoms with E-state index in [0.29, 0.717) is 22.9 Å². The van der Waals surface area contributed by atoms with Crippen molar-refractivity contribution in [2.45, 2.75) is 6.04 Å². The summed E-state index contributed by atoms with van der Waals surface area (Å²) >= 11 is 0. The quantitative estimate of drug-likeness (QED) is 0.352. The maximum absolute atomic E-state index is 9.50. The smallest absolute Gasteiger partial charge is 0.211 e. The van der Waals surface area contributed by atoms with Gasteiger partial charge in [0.05, 0.1) is 19.9 Å². The lowest BCUT2D eigenvalue weighted by Crippen LogP contribution is -2.32. The van der Waals surface area contributed by atoms with Crippen LogP contribution in [0.2, 0.25) is 0 Å².